The van der Waals surface area contributed by atoms with Crippen molar-refractivity contribution in [2.24, 2.45) is 17.8 Å². The van der Waals surface area contributed by atoms with E-state index in [-0.39, 0.29) is 18.8 Å². The Labute approximate surface area is 295 Å². The monoisotopic (exact) mass is 720 g/mol. The Morgan fingerprint density at radius 2 is 1.26 bits per heavy atom. The van der Waals surface area contributed by atoms with Gasteiger partial charge in [-0.05, 0) is 12.3 Å². The quantitative estimate of drug-likeness (QED) is 0.0761. The minimum atomic E-state index is -2.39. The van der Waals surface area contributed by atoms with Crippen molar-refractivity contribution in [2.75, 3.05) is 19.8 Å². The van der Waals surface area contributed by atoms with E-state index in [2.05, 4.69) is 6.92 Å². The Bertz CT molecular complexity index is 1060. The Balaban J connectivity index is 2.55. The van der Waals surface area contributed by atoms with Crippen molar-refractivity contribution >= 4 is 23.9 Å². The molecule has 2 saturated heterocycles. The molecular weight excluding hydrogens is 660 g/mol. The Morgan fingerprint density at radius 1 is 0.700 bits per heavy atom. The van der Waals surface area contributed by atoms with Crippen LogP contribution in [0.3, 0.4) is 0 Å². The summed E-state index contributed by atoms with van der Waals surface area (Å²) < 4.78 is 40.8. The average molecular weight is 721 g/mol. The molecule has 0 spiro atoms. The third-order valence-corrected chi connectivity index (χ3v) is 8.50. The Morgan fingerprint density at radius 3 is 1.78 bits per heavy atom. The van der Waals surface area contributed by atoms with Gasteiger partial charge < -0.3 is 53.6 Å². The predicted molar refractivity (Wildman–Crippen MR) is 176 cm³/mol. The lowest BCUT2D eigenvalue weighted by Gasteiger charge is -2.46. The number of ether oxygens (including phenoxy) is 7. The van der Waals surface area contributed by atoms with Gasteiger partial charge in [0, 0.05) is 12.8 Å². The number of aliphatic hydroxyl groups excluding tert-OH is 4. The number of carbonyl (C=O) groups is 4. The highest BCUT2D eigenvalue weighted by atomic mass is 16.8. The molecule has 0 bridgehead atoms. The predicted octanol–water partition coefficient (Wildman–Crippen LogP) is 2.31. The standard InChI is InChI=1S/C35H60O15/c1-8-9-10-11-12-13-14-15-25(39)45-30-29(48-33(43)22(6)7)28(47-32(42)21(4)5)24(18-37)44-34(30)50-35(19-38)31(27(41)23(17-36)49-35)46-26(40)16-20(2)3/h20-24,27-31,34,36-38,41H,8-19H2,1-7H3. The van der Waals surface area contributed by atoms with Crippen LogP contribution in [0, 0.1) is 17.8 Å². The molecule has 15 nitrogen and oxygen atoms in total. The van der Waals surface area contributed by atoms with Gasteiger partial charge in [0.15, 0.2) is 24.4 Å². The second kappa shape index (κ2) is 21.2. The van der Waals surface area contributed by atoms with E-state index < -0.39 is 110 Å². The summed E-state index contributed by atoms with van der Waals surface area (Å²) in [5.41, 5.74) is 0. The molecule has 0 aromatic carbocycles. The molecule has 0 radical (unpaired) electrons. The maximum absolute atomic E-state index is 13.3. The van der Waals surface area contributed by atoms with E-state index in [0.717, 1.165) is 38.5 Å². The van der Waals surface area contributed by atoms with Crippen LogP contribution < -0.4 is 0 Å². The van der Waals surface area contributed by atoms with Gasteiger partial charge in [0.05, 0.1) is 25.0 Å². The van der Waals surface area contributed by atoms with E-state index in [1.807, 2.05) is 0 Å². The first kappa shape index (κ1) is 43.8. The van der Waals surface area contributed by atoms with Crippen molar-refractivity contribution in [2.45, 2.75) is 161 Å². The molecule has 290 valence electrons. The largest absolute Gasteiger partial charge is 0.455 e. The first-order valence-electron chi connectivity index (χ1n) is 18.0. The van der Waals surface area contributed by atoms with E-state index >= 15 is 0 Å². The SMILES string of the molecule is CCCCCCCCCC(=O)OC1C(OC2(CO)OC(CO)C(O)C2OC(=O)CC(C)C)OC(CO)C(OC(=O)C(C)C)C1OC(=O)C(C)C. The van der Waals surface area contributed by atoms with Crippen LogP contribution in [0.2, 0.25) is 0 Å². The van der Waals surface area contributed by atoms with Gasteiger partial charge in [0.2, 0.25) is 12.1 Å². The van der Waals surface area contributed by atoms with Crippen molar-refractivity contribution in [3.63, 3.8) is 0 Å². The zero-order valence-corrected chi connectivity index (χ0v) is 30.6. The minimum absolute atomic E-state index is 0.0237. The molecule has 0 saturated carbocycles. The first-order chi connectivity index (χ1) is 23.6. The fourth-order valence-corrected chi connectivity index (χ4v) is 5.63. The normalized spacial score (nSPS) is 29.7. The second-order valence-corrected chi connectivity index (χ2v) is 14.1. The van der Waals surface area contributed by atoms with Crippen LogP contribution >= 0.6 is 0 Å². The molecule has 4 N–H and O–H groups in total. The molecule has 9 unspecified atom stereocenters. The molecule has 2 aliphatic heterocycles. The van der Waals surface area contributed by atoms with Crippen LogP contribution in [0.1, 0.15) is 106 Å². The van der Waals surface area contributed by atoms with Gasteiger partial charge in [-0.15, -0.1) is 0 Å². The van der Waals surface area contributed by atoms with Crippen molar-refractivity contribution < 1.29 is 72.8 Å². The fraction of sp³-hybridized carbons (Fsp3) is 0.886. The van der Waals surface area contributed by atoms with Crippen LogP contribution in [-0.2, 0) is 52.3 Å². The molecule has 2 aliphatic rings. The lowest BCUT2D eigenvalue weighted by atomic mass is 9.97. The van der Waals surface area contributed by atoms with Crippen LogP contribution in [0.4, 0.5) is 0 Å². The van der Waals surface area contributed by atoms with Crippen molar-refractivity contribution in [3.05, 3.63) is 0 Å². The summed E-state index contributed by atoms with van der Waals surface area (Å²) in [6.07, 6.45) is -6.26. The van der Waals surface area contributed by atoms with Crippen LogP contribution in [-0.4, -0.2) is 119 Å². The summed E-state index contributed by atoms with van der Waals surface area (Å²) in [6.45, 7) is 9.35. The number of hydrogen-bond acceptors (Lipinski definition) is 15. The Hall–Kier alpha value is -2.40. The van der Waals surface area contributed by atoms with Crippen LogP contribution in [0.25, 0.3) is 0 Å². The molecule has 2 fully saturated rings. The highest BCUT2D eigenvalue weighted by Gasteiger charge is 2.62. The molecule has 2 rings (SSSR count). The summed E-state index contributed by atoms with van der Waals surface area (Å²) in [7, 11) is 0. The van der Waals surface area contributed by atoms with Gasteiger partial charge in [-0.1, -0.05) is 87.0 Å². The van der Waals surface area contributed by atoms with E-state index in [4.69, 9.17) is 33.2 Å². The maximum atomic E-state index is 13.3. The van der Waals surface area contributed by atoms with Crippen LogP contribution in [0.15, 0.2) is 0 Å². The lowest BCUT2D eigenvalue weighted by molar-refractivity contribution is -0.384. The lowest BCUT2D eigenvalue weighted by Crippen LogP contribution is -2.65. The summed E-state index contributed by atoms with van der Waals surface area (Å²) in [4.78, 5) is 52.0. The number of esters is 4. The summed E-state index contributed by atoms with van der Waals surface area (Å²) in [5, 5.41) is 42.0. The van der Waals surface area contributed by atoms with Crippen molar-refractivity contribution in [1.82, 2.24) is 0 Å². The Kier molecular flexibility index (Phi) is 18.6. The molecule has 0 aromatic rings. The summed E-state index contributed by atoms with van der Waals surface area (Å²) in [5.74, 6) is -6.78. The highest BCUT2D eigenvalue weighted by molar-refractivity contribution is 5.73. The average Bonchev–Trinajstić information content (AvgIpc) is 3.32. The maximum Gasteiger partial charge on any atom is 0.308 e. The molecular formula is C35H60O15. The summed E-state index contributed by atoms with van der Waals surface area (Å²) >= 11 is 0. The molecule has 0 aliphatic carbocycles. The summed E-state index contributed by atoms with van der Waals surface area (Å²) in [6, 6.07) is 0. The zero-order chi connectivity index (χ0) is 37.6. The third kappa shape index (κ3) is 12.4. The highest BCUT2D eigenvalue weighted by Crippen LogP contribution is 2.40. The van der Waals surface area contributed by atoms with Crippen LogP contribution in [0.5, 0.6) is 0 Å². The van der Waals surface area contributed by atoms with Gasteiger partial charge >= 0.3 is 23.9 Å². The van der Waals surface area contributed by atoms with E-state index in [1.54, 1.807) is 41.5 Å². The first-order valence-corrected chi connectivity index (χ1v) is 18.0. The number of aliphatic hydroxyl groups is 4. The molecule has 50 heavy (non-hydrogen) atoms. The van der Waals surface area contributed by atoms with E-state index in [1.165, 1.54) is 0 Å². The smallest absolute Gasteiger partial charge is 0.308 e. The van der Waals surface area contributed by atoms with Gasteiger partial charge in [0.1, 0.15) is 24.9 Å². The van der Waals surface area contributed by atoms with Crippen molar-refractivity contribution in [1.29, 1.82) is 0 Å². The third-order valence-electron chi connectivity index (χ3n) is 8.50. The number of carbonyl (C=O) groups excluding carboxylic acids is 4. The van der Waals surface area contributed by atoms with Gasteiger partial charge in [-0.2, -0.15) is 0 Å². The molecule has 0 aromatic heterocycles. The number of unbranched alkanes of at least 4 members (excludes halogenated alkanes) is 6. The van der Waals surface area contributed by atoms with Gasteiger partial charge in [0.25, 0.3) is 0 Å². The second-order valence-electron chi connectivity index (χ2n) is 14.1. The number of rotatable bonds is 21. The molecule has 2 heterocycles. The van der Waals surface area contributed by atoms with Gasteiger partial charge in [-0.25, -0.2) is 0 Å². The van der Waals surface area contributed by atoms with Crippen molar-refractivity contribution in [3.8, 4) is 0 Å². The number of hydrogen-bond donors (Lipinski definition) is 4. The molecule has 9 atom stereocenters. The molecule has 15 heteroatoms. The minimum Gasteiger partial charge on any atom is -0.455 e. The van der Waals surface area contributed by atoms with E-state index in [0.29, 0.717) is 6.42 Å². The fourth-order valence-electron chi connectivity index (χ4n) is 5.63. The van der Waals surface area contributed by atoms with Gasteiger partial charge in [-0.3, -0.25) is 19.2 Å². The topological polar surface area (TPSA) is 214 Å². The molecule has 0 amide bonds. The zero-order valence-electron chi connectivity index (χ0n) is 30.6. The van der Waals surface area contributed by atoms with E-state index in [9.17, 15) is 39.6 Å².